The van der Waals surface area contributed by atoms with Gasteiger partial charge in [-0.25, -0.2) is 0 Å². The number of aryl methyl sites for hydroxylation is 2. The second kappa shape index (κ2) is 6.78. The standard InChI is InChI=1S/C17H25NO2/c1-12-8-9-15(10-14(12)3)20-11-17(19)18-16-7-5-4-6-13(16)2/h8-10,13,16H,4-7,11H2,1-3H3,(H,18,19)/t13-,16+/m0/s1. The summed E-state index contributed by atoms with van der Waals surface area (Å²) in [6.45, 7) is 6.43. The Kier molecular flexibility index (Phi) is 5.05. The Bertz CT molecular complexity index is 470. The van der Waals surface area contributed by atoms with Gasteiger partial charge in [0.05, 0.1) is 0 Å². The van der Waals surface area contributed by atoms with E-state index < -0.39 is 0 Å². The lowest BCUT2D eigenvalue weighted by molar-refractivity contribution is -0.124. The van der Waals surface area contributed by atoms with Crippen LogP contribution in [0.1, 0.15) is 43.7 Å². The Morgan fingerprint density at radius 1 is 1.25 bits per heavy atom. The van der Waals surface area contributed by atoms with Gasteiger partial charge in [-0.15, -0.1) is 0 Å². The molecule has 2 atom stereocenters. The number of benzene rings is 1. The molecular formula is C17H25NO2. The number of nitrogens with one attached hydrogen (secondary N) is 1. The van der Waals surface area contributed by atoms with Crippen molar-refractivity contribution in [3.8, 4) is 5.75 Å². The third kappa shape index (κ3) is 3.99. The third-order valence-corrected chi connectivity index (χ3v) is 4.31. The van der Waals surface area contributed by atoms with Gasteiger partial charge in [-0.2, -0.15) is 0 Å². The molecule has 1 amide bonds. The van der Waals surface area contributed by atoms with E-state index >= 15 is 0 Å². The molecule has 0 bridgehead atoms. The van der Waals surface area contributed by atoms with Gasteiger partial charge in [-0.1, -0.05) is 25.8 Å². The van der Waals surface area contributed by atoms with Gasteiger partial charge < -0.3 is 10.1 Å². The van der Waals surface area contributed by atoms with E-state index in [1.807, 2.05) is 25.1 Å². The highest BCUT2D eigenvalue weighted by atomic mass is 16.5. The van der Waals surface area contributed by atoms with Crippen LogP contribution in [-0.4, -0.2) is 18.6 Å². The monoisotopic (exact) mass is 275 g/mol. The van der Waals surface area contributed by atoms with Gasteiger partial charge in [0.2, 0.25) is 0 Å². The van der Waals surface area contributed by atoms with Crippen LogP contribution in [0.5, 0.6) is 5.75 Å². The first-order valence-electron chi connectivity index (χ1n) is 7.55. The zero-order chi connectivity index (χ0) is 14.5. The van der Waals surface area contributed by atoms with Crippen molar-refractivity contribution in [1.82, 2.24) is 5.32 Å². The quantitative estimate of drug-likeness (QED) is 0.915. The van der Waals surface area contributed by atoms with Crippen LogP contribution in [0.3, 0.4) is 0 Å². The maximum atomic E-state index is 11.9. The fourth-order valence-corrected chi connectivity index (χ4v) is 2.73. The van der Waals surface area contributed by atoms with E-state index in [4.69, 9.17) is 4.74 Å². The summed E-state index contributed by atoms with van der Waals surface area (Å²) >= 11 is 0. The number of ether oxygens (including phenoxy) is 1. The Morgan fingerprint density at radius 2 is 2.00 bits per heavy atom. The lowest BCUT2D eigenvalue weighted by Crippen LogP contribution is -2.43. The molecule has 1 fully saturated rings. The van der Waals surface area contributed by atoms with Gasteiger partial charge in [-0.05, 0) is 55.9 Å². The summed E-state index contributed by atoms with van der Waals surface area (Å²) in [4.78, 5) is 11.9. The third-order valence-electron chi connectivity index (χ3n) is 4.31. The Balaban J connectivity index is 1.81. The molecular weight excluding hydrogens is 250 g/mol. The molecule has 1 aliphatic rings. The zero-order valence-corrected chi connectivity index (χ0v) is 12.7. The van der Waals surface area contributed by atoms with E-state index in [-0.39, 0.29) is 12.5 Å². The first kappa shape index (κ1) is 14.9. The van der Waals surface area contributed by atoms with Gasteiger partial charge in [-0.3, -0.25) is 4.79 Å². The van der Waals surface area contributed by atoms with Crippen molar-refractivity contribution in [1.29, 1.82) is 0 Å². The smallest absolute Gasteiger partial charge is 0.258 e. The number of hydrogen-bond acceptors (Lipinski definition) is 2. The van der Waals surface area contributed by atoms with Crippen LogP contribution in [0, 0.1) is 19.8 Å². The van der Waals surface area contributed by atoms with E-state index in [9.17, 15) is 4.79 Å². The second-order valence-electron chi connectivity index (χ2n) is 5.97. The lowest BCUT2D eigenvalue weighted by atomic mass is 9.86. The molecule has 3 nitrogen and oxygen atoms in total. The van der Waals surface area contributed by atoms with E-state index in [0.29, 0.717) is 12.0 Å². The molecule has 0 heterocycles. The van der Waals surface area contributed by atoms with Crippen LogP contribution in [0.2, 0.25) is 0 Å². The van der Waals surface area contributed by atoms with Crippen LogP contribution in [-0.2, 0) is 4.79 Å². The summed E-state index contributed by atoms with van der Waals surface area (Å²) in [6, 6.07) is 6.23. The Labute approximate surface area is 121 Å². The van der Waals surface area contributed by atoms with Crippen LogP contribution in [0.15, 0.2) is 18.2 Å². The molecule has 1 saturated carbocycles. The molecule has 1 aromatic carbocycles. The summed E-state index contributed by atoms with van der Waals surface area (Å²) in [6.07, 6.45) is 4.81. The molecule has 3 heteroatoms. The highest BCUT2D eigenvalue weighted by Gasteiger charge is 2.22. The molecule has 1 aliphatic carbocycles. The van der Waals surface area contributed by atoms with Crippen molar-refractivity contribution in [3.05, 3.63) is 29.3 Å². The molecule has 2 rings (SSSR count). The highest BCUT2D eigenvalue weighted by molar-refractivity contribution is 5.77. The van der Waals surface area contributed by atoms with Crippen LogP contribution >= 0.6 is 0 Å². The fourth-order valence-electron chi connectivity index (χ4n) is 2.73. The van der Waals surface area contributed by atoms with Gasteiger partial charge in [0.15, 0.2) is 6.61 Å². The minimum Gasteiger partial charge on any atom is -0.484 e. The predicted octanol–water partition coefficient (Wildman–Crippen LogP) is 3.38. The first-order valence-corrected chi connectivity index (χ1v) is 7.55. The molecule has 110 valence electrons. The number of rotatable bonds is 4. The summed E-state index contributed by atoms with van der Waals surface area (Å²) in [5.41, 5.74) is 2.42. The van der Waals surface area contributed by atoms with Gasteiger partial charge >= 0.3 is 0 Å². The van der Waals surface area contributed by atoms with Crippen molar-refractivity contribution in [2.75, 3.05) is 6.61 Å². The van der Waals surface area contributed by atoms with Gasteiger partial charge in [0.25, 0.3) is 5.91 Å². The number of carbonyl (C=O) groups is 1. The van der Waals surface area contributed by atoms with E-state index in [0.717, 1.165) is 12.2 Å². The SMILES string of the molecule is Cc1ccc(OCC(=O)N[C@@H]2CCCC[C@@H]2C)cc1C. The average Bonchev–Trinajstić information content (AvgIpc) is 2.43. The Hall–Kier alpha value is -1.51. The molecule has 0 unspecified atom stereocenters. The van der Waals surface area contributed by atoms with Crippen LogP contribution < -0.4 is 10.1 Å². The van der Waals surface area contributed by atoms with Crippen LogP contribution in [0.4, 0.5) is 0 Å². The number of amides is 1. The van der Waals surface area contributed by atoms with Crippen LogP contribution in [0.25, 0.3) is 0 Å². The lowest BCUT2D eigenvalue weighted by Gasteiger charge is -2.29. The maximum absolute atomic E-state index is 11.9. The summed E-state index contributed by atoms with van der Waals surface area (Å²) < 4.78 is 5.57. The highest BCUT2D eigenvalue weighted by Crippen LogP contribution is 2.23. The minimum absolute atomic E-state index is 0.0121. The molecule has 1 aromatic rings. The van der Waals surface area contributed by atoms with Crippen molar-refractivity contribution in [2.45, 2.75) is 52.5 Å². The Morgan fingerprint density at radius 3 is 2.70 bits per heavy atom. The van der Waals surface area contributed by atoms with Crippen molar-refractivity contribution >= 4 is 5.91 Å². The average molecular weight is 275 g/mol. The number of carbonyl (C=O) groups excluding carboxylic acids is 1. The predicted molar refractivity (Wildman–Crippen MR) is 81.0 cm³/mol. The first-order chi connectivity index (χ1) is 9.56. The molecule has 0 saturated heterocycles. The largest absolute Gasteiger partial charge is 0.484 e. The number of hydrogen-bond donors (Lipinski definition) is 1. The van der Waals surface area contributed by atoms with E-state index in [1.54, 1.807) is 0 Å². The summed E-state index contributed by atoms with van der Waals surface area (Å²) in [5, 5.41) is 3.10. The van der Waals surface area contributed by atoms with Crippen molar-refractivity contribution in [2.24, 2.45) is 5.92 Å². The normalized spacial score (nSPS) is 22.4. The molecule has 0 radical (unpaired) electrons. The fraction of sp³-hybridized carbons (Fsp3) is 0.588. The summed E-state index contributed by atoms with van der Waals surface area (Å²) in [5.74, 6) is 1.33. The molecule has 0 aromatic heterocycles. The second-order valence-corrected chi connectivity index (χ2v) is 5.97. The zero-order valence-electron chi connectivity index (χ0n) is 12.7. The van der Waals surface area contributed by atoms with Gasteiger partial charge in [0, 0.05) is 6.04 Å². The maximum Gasteiger partial charge on any atom is 0.258 e. The van der Waals surface area contributed by atoms with Crippen molar-refractivity contribution in [3.63, 3.8) is 0 Å². The molecule has 0 spiro atoms. The molecule has 1 N–H and O–H groups in total. The molecule has 0 aliphatic heterocycles. The van der Waals surface area contributed by atoms with Crippen molar-refractivity contribution < 1.29 is 9.53 Å². The summed E-state index contributed by atoms with van der Waals surface area (Å²) in [7, 11) is 0. The van der Waals surface area contributed by atoms with E-state index in [1.165, 1.54) is 30.4 Å². The minimum atomic E-state index is -0.0121. The molecule has 20 heavy (non-hydrogen) atoms. The topological polar surface area (TPSA) is 38.3 Å². The van der Waals surface area contributed by atoms with Gasteiger partial charge in [0.1, 0.15) is 5.75 Å². The van der Waals surface area contributed by atoms with E-state index in [2.05, 4.69) is 19.2 Å².